The lowest BCUT2D eigenvalue weighted by molar-refractivity contribution is 0.0523. The summed E-state index contributed by atoms with van der Waals surface area (Å²) in [4.78, 5) is 33.3. The maximum Gasteiger partial charge on any atom is 0.339 e. The third-order valence-electron chi connectivity index (χ3n) is 5.34. The van der Waals surface area contributed by atoms with Crippen molar-refractivity contribution in [2.75, 3.05) is 46.4 Å². The first kappa shape index (κ1) is 21.8. The normalized spacial score (nSPS) is 14.4. The number of aromatic nitrogens is 1. The summed E-state index contributed by atoms with van der Waals surface area (Å²) >= 11 is 0. The van der Waals surface area contributed by atoms with Crippen LogP contribution in [-0.2, 0) is 11.2 Å². The Balaban J connectivity index is 1.51. The van der Waals surface area contributed by atoms with E-state index in [1.54, 1.807) is 33.1 Å². The Labute approximate surface area is 177 Å². The van der Waals surface area contributed by atoms with Gasteiger partial charge in [-0.05, 0) is 50.1 Å². The zero-order chi connectivity index (χ0) is 21.5. The Kier molecular flexibility index (Phi) is 7.41. The van der Waals surface area contributed by atoms with Crippen molar-refractivity contribution in [2.45, 2.75) is 20.3 Å². The molecular formula is C23H29N3O4. The third kappa shape index (κ3) is 5.36. The first-order chi connectivity index (χ1) is 14.5. The van der Waals surface area contributed by atoms with Crippen molar-refractivity contribution >= 4 is 11.9 Å². The number of pyridine rings is 1. The molecule has 0 atom stereocenters. The van der Waals surface area contributed by atoms with Crippen molar-refractivity contribution < 1.29 is 19.1 Å². The van der Waals surface area contributed by atoms with E-state index in [1.165, 1.54) is 5.56 Å². The van der Waals surface area contributed by atoms with Crippen molar-refractivity contribution in [1.82, 2.24) is 14.8 Å². The molecule has 1 aromatic heterocycles. The zero-order valence-corrected chi connectivity index (χ0v) is 17.9. The number of benzene rings is 1. The number of hydrogen-bond donors (Lipinski definition) is 0. The molecule has 2 aromatic rings. The largest absolute Gasteiger partial charge is 0.497 e. The Morgan fingerprint density at radius 2 is 1.73 bits per heavy atom. The maximum atomic E-state index is 12.8. The van der Waals surface area contributed by atoms with Crippen LogP contribution in [0.25, 0.3) is 0 Å². The van der Waals surface area contributed by atoms with Crippen LogP contribution in [0.5, 0.6) is 5.75 Å². The second kappa shape index (κ2) is 10.2. The van der Waals surface area contributed by atoms with E-state index in [2.05, 4.69) is 22.0 Å². The summed E-state index contributed by atoms with van der Waals surface area (Å²) in [6, 6.07) is 11.4. The fourth-order valence-corrected chi connectivity index (χ4v) is 3.52. The van der Waals surface area contributed by atoms with E-state index in [4.69, 9.17) is 9.47 Å². The zero-order valence-electron chi connectivity index (χ0n) is 17.9. The van der Waals surface area contributed by atoms with Gasteiger partial charge in [-0.3, -0.25) is 9.69 Å². The van der Waals surface area contributed by atoms with Crippen LogP contribution < -0.4 is 4.74 Å². The molecule has 1 aliphatic heterocycles. The van der Waals surface area contributed by atoms with Crippen LogP contribution in [0.15, 0.2) is 36.4 Å². The molecular weight excluding hydrogens is 382 g/mol. The third-order valence-corrected chi connectivity index (χ3v) is 5.34. The number of piperazine rings is 1. The lowest BCUT2D eigenvalue weighted by Crippen LogP contribution is -2.49. The standard InChI is InChI=1S/C23H29N3O4/c1-4-30-23(28)20-9-10-21(24-17(20)2)22(27)26-15-13-25(14-16-26)12-11-18-5-7-19(29-3)8-6-18/h5-10H,4,11-16H2,1-3H3. The smallest absolute Gasteiger partial charge is 0.339 e. The van der Waals surface area contributed by atoms with E-state index in [9.17, 15) is 9.59 Å². The molecule has 0 saturated carbocycles. The number of amides is 1. The fraction of sp³-hybridized carbons (Fsp3) is 0.435. The number of rotatable bonds is 7. The molecule has 0 spiro atoms. The highest BCUT2D eigenvalue weighted by molar-refractivity contribution is 5.95. The van der Waals surface area contributed by atoms with E-state index in [-0.39, 0.29) is 5.91 Å². The van der Waals surface area contributed by atoms with Gasteiger partial charge in [-0.1, -0.05) is 12.1 Å². The number of nitrogens with zero attached hydrogens (tertiary/aromatic N) is 3. The summed E-state index contributed by atoms with van der Waals surface area (Å²) in [6.07, 6.45) is 0.966. The topological polar surface area (TPSA) is 72.0 Å². The molecule has 1 fully saturated rings. The van der Waals surface area contributed by atoms with Gasteiger partial charge in [0.05, 0.1) is 25.0 Å². The van der Waals surface area contributed by atoms with Crippen molar-refractivity contribution in [3.8, 4) is 5.75 Å². The summed E-state index contributed by atoms with van der Waals surface area (Å²) in [5.74, 6) is 0.361. The van der Waals surface area contributed by atoms with Gasteiger partial charge in [0.2, 0.25) is 0 Å². The van der Waals surface area contributed by atoms with Gasteiger partial charge in [-0.2, -0.15) is 0 Å². The average Bonchev–Trinajstić information content (AvgIpc) is 2.78. The Bertz CT molecular complexity index is 875. The first-order valence-corrected chi connectivity index (χ1v) is 10.3. The molecule has 0 unspecified atom stereocenters. The second-order valence-electron chi connectivity index (χ2n) is 7.28. The lowest BCUT2D eigenvalue weighted by Gasteiger charge is -2.34. The number of carbonyl (C=O) groups excluding carboxylic acids is 2. The number of carbonyl (C=O) groups is 2. The second-order valence-corrected chi connectivity index (χ2v) is 7.28. The van der Waals surface area contributed by atoms with Gasteiger partial charge in [0.15, 0.2) is 0 Å². The average molecular weight is 412 g/mol. The van der Waals surface area contributed by atoms with Gasteiger partial charge in [0.1, 0.15) is 11.4 Å². The maximum absolute atomic E-state index is 12.8. The highest BCUT2D eigenvalue weighted by Crippen LogP contribution is 2.14. The van der Waals surface area contributed by atoms with Crippen molar-refractivity contribution in [2.24, 2.45) is 0 Å². The first-order valence-electron chi connectivity index (χ1n) is 10.3. The van der Waals surface area contributed by atoms with Crippen LogP contribution in [0, 0.1) is 6.92 Å². The number of esters is 1. The van der Waals surface area contributed by atoms with Gasteiger partial charge in [0.25, 0.3) is 5.91 Å². The molecule has 1 aromatic carbocycles. The summed E-state index contributed by atoms with van der Waals surface area (Å²) in [7, 11) is 1.67. The van der Waals surface area contributed by atoms with E-state index >= 15 is 0 Å². The van der Waals surface area contributed by atoms with Crippen LogP contribution in [0.1, 0.15) is 39.0 Å². The minimum absolute atomic E-state index is 0.0942. The summed E-state index contributed by atoms with van der Waals surface area (Å²) in [5.41, 5.74) is 2.55. The van der Waals surface area contributed by atoms with E-state index < -0.39 is 5.97 Å². The molecule has 0 bridgehead atoms. The van der Waals surface area contributed by atoms with Gasteiger partial charge < -0.3 is 14.4 Å². The molecule has 7 heteroatoms. The van der Waals surface area contributed by atoms with Crippen LogP contribution >= 0.6 is 0 Å². The molecule has 2 heterocycles. The van der Waals surface area contributed by atoms with Crippen LogP contribution in [0.3, 0.4) is 0 Å². The van der Waals surface area contributed by atoms with Gasteiger partial charge in [0, 0.05) is 32.7 Å². The number of hydrogen-bond acceptors (Lipinski definition) is 6. The Hall–Kier alpha value is -2.93. The summed E-state index contributed by atoms with van der Waals surface area (Å²) in [6.45, 7) is 7.75. The lowest BCUT2D eigenvalue weighted by atomic mass is 10.1. The van der Waals surface area contributed by atoms with Crippen molar-refractivity contribution in [1.29, 1.82) is 0 Å². The van der Waals surface area contributed by atoms with Gasteiger partial charge >= 0.3 is 5.97 Å². The molecule has 7 nitrogen and oxygen atoms in total. The van der Waals surface area contributed by atoms with E-state index in [0.717, 1.165) is 31.8 Å². The fourth-order valence-electron chi connectivity index (χ4n) is 3.52. The number of methoxy groups -OCH3 is 1. The van der Waals surface area contributed by atoms with Crippen molar-refractivity contribution in [3.63, 3.8) is 0 Å². The van der Waals surface area contributed by atoms with Gasteiger partial charge in [-0.25, -0.2) is 9.78 Å². The quantitative estimate of drug-likeness (QED) is 0.652. The molecule has 0 radical (unpaired) electrons. The molecule has 0 aliphatic carbocycles. The molecule has 1 aliphatic rings. The SMILES string of the molecule is CCOC(=O)c1ccc(C(=O)N2CCN(CCc3ccc(OC)cc3)CC2)nc1C. The molecule has 30 heavy (non-hydrogen) atoms. The highest BCUT2D eigenvalue weighted by atomic mass is 16.5. The molecule has 3 rings (SSSR count). The molecule has 0 N–H and O–H groups in total. The Morgan fingerprint density at radius 3 is 2.33 bits per heavy atom. The highest BCUT2D eigenvalue weighted by Gasteiger charge is 2.24. The Morgan fingerprint density at radius 1 is 1.03 bits per heavy atom. The summed E-state index contributed by atoms with van der Waals surface area (Å²) in [5, 5.41) is 0. The predicted octanol–water partition coefficient (Wildman–Crippen LogP) is 2.58. The van der Waals surface area contributed by atoms with Crippen LogP contribution in [0.2, 0.25) is 0 Å². The van der Waals surface area contributed by atoms with E-state index in [1.807, 2.05) is 17.0 Å². The number of ether oxygens (including phenoxy) is 2. The minimum Gasteiger partial charge on any atom is -0.497 e. The molecule has 160 valence electrons. The monoisotopic (exact) mass is 411 g/mol. The van der Waals surface area contributed by atoms with Crippen molar-refractivity contribution in [3.05, 3.63) is 58.9 Å². The number of aryl methyl sites for hydroxylation is 1. The minimum atomic E-state index is -0.410. The van der Waals surface area contributed by atoms with E-state index in [0.29, 0.717) is 36.6 Å². The summed E-state index contributed by atoms with van der Waals surface area (Å²) < 4.78 is 10.2. The predicted molar refractivity (Wildman–Crippen MR) is 114 cm³/mol. The van der Waals surface area contributed by atoms with Crippen LogP contribution in [-0.4, -0.2) is 73.1 Å². The molecule has 1 saturated heterocycles. The molecule has 1 amide bonds. The van der Waals surface area contributed by atoms with Gasteiger partial charge in [-0.15, -0.1) is 0 Å². The van der Waals surface area contributed by atoms with Crippen LogP contribution in [0.4, 0.5) is 0 Å².